The zero-order valence-electron chi connectivity index (χ0n) is 10.6. The van der Waals surface area contributed by atoms with Crippen molar-refractivity contribution in [1.29, 1.82) is 0 Å². The van der Waals surface area contributed by atoms with Crippen molar-refractivity contribution in [3.63, 3.8) is 0 Å². The first-order chi connectivity index (χ1) is 9.01. The first kappa shape index (κ1) is 15.2. The monoisotopic (exact) mass is 271 g/mol. The number of nitrogen functional groups attached to an aromatic ring is 1. The van der Waals surface area contributed by atoms with Gasteiger partial charge in [-0.05, 0) is 0 Å². The van der Waals surface area contributed by atoms with Crippen molar-refractivity contribution in [1.82, 2.24) is 19.5 Å². The highest BCUT2D eigenvalue weighted by Crippen LogP contribution is 2.11. The van der Waals surface area contributed by atoms with E-state index in [0.29, 0.717) is 11.3 Å². The van der Waals surface area contributed by atoms with E-state index in [1.165, 1.54) is 13.4 Å². The number of methoxy groups -OCH3 is 1. The zero-order valence-corrected chi connectivity index (χ0v) is 10.6. The molecule has 2 aromatic heterocycles. The summed E-state index contributed by atoms with van der Waals surface area (Å²) in [4.78, 5) is 11.9. The van der Waals surface area contributed by atoms with Crippen molar-refractivity contribution in [2.45, 2.75) is 12.4 Å². The Bertz CT molecular complexity index is 512. The fourth-order valence-electron chi connectivity index (χ4n) is 1.25. The Morgan fingerprint density at radius 3 is 2.47 bits per heavy atom. The second-order valence-electron chi connectivity index (χ2n) is 3.66. The highest BCUT2D eigenvalue weighted by Gasteiger charge is 2.12. The number of imidazole rings is 1. The summed E-state index contributed by atoms with van der Waals surface area (Å²) in [6.07, 6.45) is 0.620. The molecule has 9 heteroatoms. The molecule has 1 atom stereocenters. The molecule has 9 nitrogen and oxygen atoms in total. The van der Waals surface area contributed by atoms with E-state index in [4.69, 9.17) is 21.1 Å². The van der Waals surface area contributed by atoms with Crippen LogP contribution in [0.2, 0.25) is 0 Å². The van der Waals surface area contributed by atoms with Gasteiger partial charge >= 0.3 is 0 Å². The quantitative estimate of drug-likeness (QED) is 0.482. The van der Waals surface area contributed by atoms with E-state index in [1.807, 2.05) is 7.05 Å². The molecule has 0 aliphatic heterocycles. The molecular formula is C10H17N5O4. The number of fused-ring (bicyclic) bond motifs is 1. The molecular weight excluding hydrogens is 254 g/mol. The van der Waals surface area contributed by atoms with Gasteiger partial charge in [0.25, 0.3) is 0 Å². The fourth-order valence-corrected chi connectivity index (χ4v) is 1.25. The van der Waals surface area contributed by atoms with Crippen LogP contribution in [-0.2, 0) is 11.8 Å². The van der Waals surface area contributed by atoms with Crippen molar-refractivity contribution >= 4 is 17.0 Å². The van der Waals surface area contributed by atoms with Gasteiger partial charge in [-0.3, -0.25) is 0 Å². The van der Waals surface area contributed by atoms with Crippen LogP contribution in [0.1, 0.15) is 0 Å². The van der Waals surface area contributed by atoms with Gasteiger partial charge in [-0.25, -0.2) is 15.0 Å². The molecule has 0 spiro atoms. The lowest BCUT2D eigenvalue weighted by Gasteiger charge is -2.12. The number of hydrogen-bond acceptors (Lipinski definition) is 8. The molecule has 0 saturated carbocycles. The Labute approximate surface area is 109 Å². The number of nitrogens with two attached hydrogens (primary N) is 1. The van der Waals surface area contributed by atoms with E-state index >= 15 is 0 Å². The lowest BCUT2D eigenvalue weighted by molar-refractivity contribution is -0.147. The second kappa shape index (κ2) is 6.95. The summed E-state index contributed by atoms with van der Waals surface area (Å²) in [6.45, 7) is -0.381. The van der Waals surface area contributed by atoms with Crippen molar-refractivity contribution in [2.24, 2.45) is 7.05 Å². The number of aromatic nitrogens is 4. The van der Waals surface area contributed by atoms with Crippen molar-refractivity contribution in [3.05, 3.63) is 12.7 Å². The van der Waals surface area contributed by atoms with Gasteiger partial charge in [0.05, 0.1) is 12.9 Å². The highest BCUT2D eigenvalue weighted by molar-refractivity contribution is 5.80. The van der Waals surface area contributed by atoms with E-state index in [-0.39, 0.29) is 6.61 Å². The summed E-state index contributed by atoms with van der Waals surface area (Å²) in [6, 6.07) is 0. The Balaban J connectivity index is 0.000000203. The molecule has 19 heavy (non-hydrogen) atoms. The van der Waals surface area contributed by atoms with E-state index in [0.717, 1.165) is 5.65 Å². The summed E-state index contributed by atoms with van der Waals surface area (Å²) in [5.74, 6) is 0.426. The molecule has 1 unspecified atom stereocenters. The number of anilines is 1. The largest absolute Gasteiger partial charge is 0.393 e. The maximum absolute atomic E-state index is 8.28. The van der Waals surface area contributed by atoms with Gasteiger partial charge in [0, 0.05) is 14.2 Å². The third-order valence-corrected chi connectivity index (χ3v) is 2.34. The number of aliphatic hydroxyl groups is 3. The third-order valence-electron chi connectivity index (χ3n) is 2.34. The van der Waals surface area contributed by atoms with Crippen molar-refractivity contribution in [3.8, 4) is 0 Å². The summed E-state index contributed by atoms with van der Waals surface area (Å²) in [7, 11) is 3.15. The molecule has 0 aromatic carbocycles. The standard InChI is InChI=1S/C6H7N5.C4H10O4/c1-11-3-10-4-5(7)8-2-9-6(4)11;1-8-3(2-5)4(6)7/h2-3H,1H3,(H2,7,8,9);3-7H,2H2,1H3. The molecule has 2 heterocycles. The molecule has 106 valence electrons. The normalized spacial score (nSPS) is 12.3. The van der Waals surface area contributed by atoms with Crippen LogP contribution < -0.4 is 5.73 Å². The number of aliphatic hydroxyl groups excluding tert-OH is 2. The van der Waals surface area contributed by atoms with E-state index < -0.39 is 12.4 Å². The average molecular weight is 271 g/mol. The highest BCUT2D eigenvalue weighted by atomic mass is 16.6. The first-order valence-electron chi connectivity index (χ1n) is 5.38. The van der Waals surface area contributed by atoms with Gasteiger partial charge < -0.3 is 30.4 Å². The van der Waals surface area contributed by atoms with Crippen LogP contribution in [0, 0.1) is 0 Å². The molecule has 0 fully saturated rings. The van der Waals surface area contributed by atoms with Crippen LogP contribution in [0.25, 0.3) is 11.2 Å². The molecule has 0 saturated heterocycles. The average Bonchev–Trinajstić information content (AvgIpc) is 2.75. The van der Waals surface area contributed by atoms with E-state index in [2.05, 4.69) is 19.7 Å². The third kappa shape index (κ3) is 3.83. The smallest absolute Gasteiger partial charge is 0.180 e. The van der Waals surface area contributed by atoms with Gasteiger partial charge in [0.15, 0.2) is 17.8 Å². The number of nitrogens with zero attached hydrogens (tertiary/aromatic N) is 4. The number of ether oxygens (including phenoxy) is 1. The van der Waals surface area contributed by atoms with Crippen LogP contribution in [0.15, 0.2) is 12.7 Å². The molecule has 2 aromatic rings. The lowest BCUT2D eigenvalue weighted by Crippen LogP contribution is -2.30. The Kier molecular flexibility index (Phi) is 5.57. The van der Waals surface area contributed by atoms with Crippen LogP contribution in [0.3, 0.4) is 0 Å². The van der Waals surface area contributed by atoms with Crippen LogP contribution in [0.4, 0.5) is 5.82 Å². The van der Waals surface area contributed by atoms with Gasteiger partial charge in [-0.15, -0.1) is 0 Å². The molecule has 2 rings (SSSR count). The van der Waals surface area contributed by atoms with Crippen LogP contribution in [0.5, 0.6) is 0 Å². The fraction of sp³-hybridized carbons (Fsp3) is 0.500. The second-order valence-corrected chi connectivity index (χ2v) is 3.66. The van der Waals surface area contributed by atoms with Gasteiger partial charge in [-0.1, -0.05) is 0 Å². The zero-order chi connectivity index (χ0) is 14.4. The molecule has 5 N–H and O–H groups in total. The van der Waals surface area contributed by atoms with E-state index in [9.17, 15) is 0 Å². The molecule has 0 amide bonds. The molecule has 0 bridgehead atoms. The van der Waals surface area contributed by atoms with E-state index in [1.54, 1.807) is 10.9 Å². The summed E-state index contributed by atoms with van der Waals surface area (Å²) < 4.78 is 6.21. The number of hydrogen-bond donors (Lipinski definition) is 4. The summed E-state index contributed by atoms with van der Waals surface area (Å²) in [5.41, 5.74) is 6.97. The minimum absolute atomic E-state index is 0.381. The Morgan fingerprint density at radius 1 is 1.37 bits per heavy atom. The Hall–Kier alpha value is -1.81. The first-order valence-corrected chi connectivity index (χ1v) is 5.38. The van der Waals surface area contributed by atoms with Crippen molar-refractivity contribution < 1.29 is 20.1 Å². The maximum atomic E-state index is 8.28. The maximum Gasteiger partial charge on any atom is 0.180 e. The minimum Gasteiger partial charge on any atom is -0.393 e. The van der Waals surface area contributed by atoms with Gasteiger partial charge in [0.1, 0.15) is 17.9 Å². The molecule has 0 aliphatic carbocycles. The minimum atomic E-state index is -1.59. The molecule has 0 aliphatic rings. The summed E-state index contributed by atoms with van der Waals surface area (Å²) >= 11 is 0. The number of aryl methyl sites for hydroxylation is 1. The van der Waals surface area contributed by atoms with Gasteiger partial charge in [-0.2, -0.15) is 0 Å². The number of rotatable bonds is 3. The Morgan fingerprint density at radius 2 is 2.05 bits per heavy atom. The predicted octanol–water partition coefficient (Wildman–Crippen LogP) is -1.75. The topological polar surface area (TPSA) is 140 Å². The van der Waals surface area contributed by atoms with Gasteiger partial charge in [0.2, 0.25) is 0 Å². The predicted molar refractivity (Wildman–Crippen MR) is 66.8 cm³/mol. The SMILES string of the molecule is COC(CO)C(O)O.Cn1cnc2c(N)ncnc21. The lowest BCUT2D eigenvalue weighted by atomic mass is 10.4. The van der Waals surface area contributed by atoms with Crippen molar-refractivity contribution in [2.75, 3.05) is 19.5 Å². The van der Waals surface area contributed by atoms with Crippen LogP contribution in [-0.4, -0.2) is 60.9 Å². The van der Waals surface area contributed by atoms with Crippen LogP contribution >= 0.6 is 0 Å². The molecule has 0 radical (unpaired) electrons. The summed E-state index contributed by atoms with van der Waals surface area (Å²) in [5, 5.41) is 24.8.